The average molecular weight is 458 g/mol. The first-order valence-corrected chi connectivity index (χ1v) is 9.08. The van der Waals surface area contributed by atoms with Gasteiger partial charge in [0.1, 0.15) is 11.6 Å². The average Bonchev–Trinajstić information content (AvgIpc) is 2.69. The van der Waals surface area contributed by atoms with Crippen LogP contribution >= 0.6 is 0 Å². The maximum Gasteiger partial charge on any atom is 0.416 e. The fourth-order valence-corrected chi connectivity index (χ4v) is 3.15. The second kappa shape index (κ2) is 9.05. The molecule has 2 rings (SSSR count). The molecule has 32 heavy (non-hydrogen) atoms. The number of carbonyl (C=O) groups is 4. The van der Waals surface area contributed by atoms with Gasteiger partial charge >= 0.3 is 12.4 Å². The predicted octanol–water partition coefficient (Wildman–Crippen LogP) is 5.20. The quantitative estimate of drug-likeness (QED) is 0.325. The van der Waals surface area contributed by atoms with Crippen LogP contribution in [0.5, 0.6) is 0 Å². The van der Waals surface area contributed by atoms with Crippen molar-refractivity contribution in [2.45, 2.75) is 26.2 Å². The van der Waals surface area contributed by atoms with E-state index in [1.165, 1.54) is 0 Å². The molecule has 0 aromatic heterocycles. The van der Waals surface area contributed by atoms with Crippen LogP contribution in [-0.4, -0.2) is 23.1 Å². The minimum Gasteiger partial charge on any atom is -0.299 e. The molecule has 0 aliphatic rings. The Kier molecular flexibility index (Phi) is 7.06. The Balaban J connectivity index is 2.44. The third-order valence-corrected chi connectivity index (χ3v) is 4.77. The van der Waals surface area contributed by atoms with Gasteiger partial charge in [-0.1, -0.05) is 24.3 Å². The highest BCUT2D eigenvalue weighted by molar-refractivity contribution is 6.20. The standard InChI is InChI=1S/C22H16F6O4/c1-11(29)17(19(31)13-3-7-15(8-4-13)21(23,24)25)18(12(2)30)20(32)14-5-9-16(10-6-14)22(26,27)28/h3-10,17-18H,1-2H3. The second-order valence-corrected chi connectivity index (χ2v) is 7.06. The van der Waals surface area contributed by atoms with E-state index < -0.39 is 58.4 Å². The van der Waals surface area contributed by atoms with Crippen LogP contribution in [0.2, 0.25) is 0 Å². The monoisotopic (exact) mass is 458 g/mol. The molecule has 0 saturated carbocycles. The van der Waals surface area contributed by atoms with E-state index >= 15 is 0 Å². The Morgan fingerprint density at radius 1 is 0.562 bits per heavy atom. The van der Waals surface area contributed by atoms with Gasteiger partial charge in [-0.05, 0) is 38.1 Å². The lowest BCUT2D eigenvalue weighted by Gasteiger charge is -2.21. The van der Waals surface area contributed by atoms with E-state index in [9.17, 15) is 45.5 Å². The first kappa shape index (κ1) is 25.0. The van der Waals surface area contributed by atoms with E-state index in [2.05, 4.69) is 0 Å². The van der Waals surface area contributed by atoms with Crippen LogP contribution in [0.4, 0.5) is 26.3 Å². The lowest BCUT2D eigenvalue weighted by molar-refractivity contribution is -0.138. The molecule has 0 N–H and O–H groups in total. The largest absolute Gasteiger partial charge is 0.416 e. The van der Waals surface area contributed by atoms with Crippen molar-refractivity contribution in [1.82, 2.24) is 0 Å². The zero-order valence-corrected chi connectivity index (χ0v) is 16.7. The van der Waals surface area contributed by atoms with Crippen LogP contribution in [0.3, 0.4) is 0 Å². The van der Waals surface area contributed by atoms with Gasteiger partial charge in [0.05, 0.1) is 23.0 Å². The van der Waals surface area contributed by atoms with E-state index in [1.807, 2.05) is 0 Å². The fourth-order valence-electron chi connectivity index (χ4n) is 3.15. The molecule has 0 spiro atoms. The Bertz CT molecular complexity index is 949. The van der Waals surface area contributed by atoms with E-state index in [-0.39, 0.29) is 11.1 Å². The fraction of sp³-hybridized carbons (Fsp3) is 0.273. The first-order chi connectivity index (χ1) is 14.6. The normalized spacial score (nSPS) is 13.9. The number of benzene rings is 2. The number of Topliss-reactive ketones (excluding diaryl/α,β-unsaturated/α-hetero) is 4. The van der Waals surface area contributed by atoms with E-state index in [0.717, 1.165) is 38.1 Å². The summed E-state index contributed by atoms with van der Waals surface area (Å²) in [6.45, 7) is 1.87. The molecule has 0 saturated heterocycles. The Labute approximate surface area is 178 Å². The Morgan fingerprint density at radius 2 is 0.812 bits per heavy atom. The second-order valence-electron chi connectivity index (χ2n) is 7.06. The molecule has 2 aromatic rings. The van der Waals surface area contributed by atoms with Gasteiger partial charge in [-0.2, -0.15) is 26.3 Å². The molecule has 2 aromatic carbocycles. The van der Waals surface area contributed by atoms with Crippen molar-refractivity contribution in [3.05, 3.63) is 70.8 Å². The van der Waals surface area contributed by atoms with Crippen molar-refractivity contribution in [3.63, 3.8) is 0 Å². The predicted molar refractivity (Wildman–Crippen MR) is 99.9 cm³/mol. The van der Waals surface area contributed by atoms with Crippen molar-refractivity contribution in [2.75, 3.05) is 0 Å². The number of halogens is 6. The van der Waals surface area contributed by atoms with Gasteiger partial charge in [-0.15, -0.1) is 0 Å². The number of hydrogen-bond acceptors (Lipinski definition) is 4. The summed E-state index contributed by atoms with van der Waals surface area (Å²) >= 11 is 0. The smallest absolute Gasteiger partial charge is 0.299 e. The number of rotatable bonds is 7. The first-order valence-electron chi connectivity index (χ1n) is 9.08. The van der Waals surface area contributed by atoms with E-state index in [1.54, 1.807) is 0 Å². The molecule has 170 valence electrons. The molecule has 0 aliphatic heterocycles. The van der Waals surface area contributed by atoms with E-state index in [0.29, 0.717) is 24.3 Å². The summed E-state index contributed by atoms with van der Waals surface area (Å²) in [6.07, 6.45) is -9.33. The van der Waals surface area contributed by atoms with Crippen molar-refractivity contribution in [1.29, 1.82) is 0 Å². The van der Waals surface area contributed by atoms with Crippen LogP contribution in [-0.2, 0) is 21.9 Å². The lowest BCUT2D eigenvalue weighted by atomic mass is 9.77. The third-order valence-electron chi connectivity index (χ3n) is 4.77. The van der Waals surface area contributed by atoms with Crippen LogP contribution in [0.25, 0.3) is 0 Å². The highest BCUT2D eigenvalue weighted by Gasteiger charge is 2.41. The van der Waals surface area contributed by atoms with Crippen LogP contribution in [0, 0.1) is 11.8 Å². The van der Waals surface area contributed by atoms with E-state index in [4.69, 9.17) is 0 Å². The Hall–Kier alpha value is -3.30. The molecule has 10 heteroatoms. The summed E-state index contributed by atoms with van der Waals surface area (Å²) in [4.78, 5) is 50.1. The number of alkyl halides is 6. The van der Waals surface area contributed by atoms with Crippen molar-refractivity contribution < 1.29 is 45.5 Å². The molecule has 0 aliphatic carbocycles. The molecule has 0 fully saturated rings. The minimum absolute atomic E-state index is 0.329. The molecule has 2 unspecified atom stereocenters. The van der Waals surface area contributed by atoms with Gasteiger partial charge in [0.15, 0.2) is 11.6 Å². The van der Waals surface area contributed by atoms with Gasteiger partial charge in [0.2, 0.25) is 0 Å². The third kappa shape index (κ3) is 5.49. The maximum absolute atomic E-state index is 12.9. The molecule has 0 heterocycles. The van der Waals surface area contributed by atoms with Crippen molar-refractivity contribution in [3.8, 4) is 0 Å². The minimum atomic E-state index is -4.66. The van der Waals surface area contributed by atoms with Gasteiger partial charge < -0.3 is 0 Å². The summed E-state index contributed by atoms with van der Waals surface area (Å²) in [5.74, 6) is -7.58. The molecule has 0 radical (unpaired) electrons. The number of ketones is 4. The van der Waals surface area contributed by atoms with Crippen LogP contribution < -0.4 is 0 Å². The van der Waals surface area contributed by atoms with Gasteiger partial charge in [-0.25, -0.2) is 0 Å². The number of carbonyl (C=O) groups excluding carboxylic acids is 4. The van der Waals surface area contributed by atoms with Crippen LogP contribution in [0.1, 0.15) is 45.7 Å². The van der Waals surface area contributed by atoms with Crippen molar-refractivity contribution in [2.24, 2.45) is 11.8 Å². The number of hydrogen-bond donors (Lipinski definition) is 0. The lowest BCUT2D eigenvalue weighted by Crippen LogP contribution is -2.39. The van der Waals surface area contributed by atoms with Crippen molar-refractivity contribution >= 4 is 23.1 Å². The SMILES string of the molecule is CC(=O)C(C(=O)c1ccc(C(F)(F)F)cc1)C(C(C)=O)C(=O)c1ccc(C(F)(F)F)cc1. The highest BCUT2D eigenvalue weighted by Crippen LogP contribution is 2.32. The topological polar surface area (TPSA) is 68.3 Å². The van der Waals surface area contributed by atoms with Gasteiger partial charge in [0.25, 0.3) is 0 Å². The molecule has 0 bridgehead atoms. The highest BCUT2D eigenvalue weighted by atomic mass is 19.4. The summed E-state index contributed by atoms with van der Waals surface area (Å²) < 4.78 is 76.4. The molecule has 4 nitrogen and oxygen atoms in total. The molecular weight excluding hydrogens is 442 g/mol. The zero-order valence-electron chi connectivity index (χ0n) is 16.7. The van der Waals surface area contributed by atoms with Gasteiger partial charge in [-0.3, -0.25) is 19.2 Å². The maximum atomic E-state index is 12.9. The summed E-state index contributed by atoms with van der Waals surface area (Å²) in [6, 6.07) is 5.75. The zero-order chi connectivity index (χ0) is 24.4. The molecule has 0 amide bonds. The summed E-state index contributed by atoms with van der Waals surface area (Å²) in [5, 5.41) is 0. The summed E-state index contributed by atoms with van der Waals surface area (Å²) in [5.41, 5.74) is -2.75. The Morgan fingerprint density at radius 3 is 1.00 bits per heavy atom. The molecule has 2 atom stereocenters. The summed E-state index contributed by atoms with van der Waals surface area (Å²) in [7, 11) is 0. The van der Waals surface area contributed by atoms with Crippen LogP contribution in [0.15, 0.2) is 48.5 Å². The van der Waals surface area contributed by atoms with Gasteiger partial charge in [0, 0.05) is 11.1 Å². The molecular formula is C22H16F6O4.